The quantitative estimate of drug-likeness (QED) is 0.411. The van der Waals surface area contributed by atoms with Crippen LogP contribution >= 0.6 is 15.9 Å². The molecule has 0 saturated carbocycles. The van der Waals surface area contributed by atoms with Gasteiger partial charge >= 0.3 is 0 Å². The maximum absolute atomic E-state index is 12.5. The predicted octanol–water partition coefficient (Wildman–Crippen LogP) is 3.25. The number of carbonyl (C=O) groups excluding carboxylic acids is 1. The topological polar surface area (TPSA) is 97.3 Å². The van der Waals surface area contributed by atoms with Crippen LogP contribution in [0.3, 0.4) is 0 Å². The number of fused-ring (bicyclic) bond motifs is 2. The van der Waals surface area contributed by atoms with E-state index < -0.39 is 22.5 Å². The average Bonchev–Trinajstić information content (AvgIpc) is 3.18. The van der Waals surface area contributed by atoms with Crippen LogP contribution in [0.25, 0.3) is 10.8 Å². The van der Waals surface area contributed by atoms with Crippen molar-refractivity contribution in [2.24, 2.45) is 5.10 Å². The minimum atomic E-state index is -3.71. The Hall–Kier alpha value is -3.11. The van der Waals surface area contributed by atoms with Crippen molar-refractivity contribution in [2.75, 3.05) is 23.9 Å². The third kappa shape index (κ3) is 4.64. The van der Waals surface area contributed by atoms with Crippen LogP contribution in [0, 0.1) is 0 Å². The molecule has 3 aromatic rings. The Morgan fingerprint density at radius 3 is 2.65 bits per heavy atom. The van der Waals surface area contributed by atoms with Crippen molar-refractivity contribution in [3.63, 3.8) is 0 Å². The summed E-state index contributed by atoms with van der Waals surface area (Å²) < 4.78 is 37.3. The van der Waals surface area contributed by atoms with Crippen LogP contribution in [0.4, 0.5) is 5.69 Å². The molecule has 4 rings (SSSR count). The molecule has 0 spiro atoms. The van der Waals surface area contributed by atoms with Crippen molar-refractivity contribution in [3.8, 4) is 11.5 Å². The first-order chi connectivity index (χ1) is 14.8. The van der Waals surface area contributed by atoms with Crippen LogP contribution in [0.5, 0.6) is 11.5 Å². The summed E-state index contributed by atoms with van der Waals surface area (Å²) in [6.07, 6.45) is 2.50. The number of hydrogen-bond donors (Lipinski definition) is 1. The van der Waals surface area contributed by atoms with E-state index >= 15 is 0 Å². The van der Waals surface area contributed by atoms with E-state index in [-0.39, 0.29) is 6.79 Å². The Morgan fingerprint density at radius 1 is 1.16 bits per heavy atom. The van der Waals surface area contributed by atoms with Crippen molar-refractivity contribution in [1.29, 1.82) is 0 Å². The lowest BCUT2D eigenvalue weighted by Gasteiger charge is -2.23. The van der Waals surface area contributed by atoms with Crippen molar-refractivity contribution in [3.05, 3.63) is 64.6 Å². The summed E-state index contributed by atoms with van der Waals surface area (Å²) in [6, 6.07) is 16.2. The smallest absolute Gasteiger partial charge is 0.260 e. The van der Waals surface area contributed by atoms with Gasteiger partial charge in [0.2, 0.25) is 16.8 Å². The first-order valence-corrected chi connectivity index (χ1v) is 11.8. The van der Waals surface area contributed by atoms with Crippen LogP contribution in [0.15, 0.2) is 64.2 Å². The highest BCUT2D eigenvalue weighted by Crippen LogP contribution is 2.36. The maximum atomic E-state index is 12.5. The standard InChI is InChI=1S/C21H18BrN3O5S/c1-31(27,28)25(18-8-4-6-14-5-2-3-7-16(14)18)12-21(26)24-23-11-15-9-19-20(10-17(15)22)30-13-29-19/h2-11H,12-13H2,1H3,(H,24,26)/b23-11-. The molecule has 160 valence electrons. The summed E-state index contributed by atoms with van der Waals surface area (Å²) in [5.74, 6) is 0.619. The zero-order chi connectivity index (χ0) is 22.0. The monoisotopic (exact) mass is 503 g/mol. The molecule has 0 bridgehead atoms. The molecule has 0 aliphatic carbocycles. The predicted molar refractivity (Wildman–Crippen MR) is 122 cm³/mol. The highest BCUT2D eigenvalue weighted by Gasteiger charge is 2.22. The number of amides is 1. The Kier molecular flexibility index (Phi) is 5.84. The second kappa shape index (κ2) is 8.56. The van der Waals surface area contributed by atoms with E-state index in [9.17, 15) is 13.2 Å². The third-order valence-corrected chi connectivity index (χ3v) is 6.42. The molecule has 0 radical (unpaired) electrons. The fourth-order valence-electron chi connectivity index (χ4n) is 3.18. The van der Waals surface area contributed by atoms with E-state index in [2.05, 4.69) is 26.5 Å². The SMILES string of the molecule is CS(=O)(=O)N(CC(=O)N/N=C\c1cc2c(cc1Br)OCO2)c1cccc2ccccc12. The van der Waals surface area contributed by atoms with Gasteiger partial charge in [-0.1, -0.05) is 36.4 Å². The molecule has 31 heavy (non-hydrogen) atoms. The minimum Gasteiger partial charge on any atom is -0.454 e. The number of hydrazone groups is 1. The van der Waals surface area contributed by atoms with Gasteiger partial charge in [-0.3, -0.25) is 9.10 Å². The van der Waals surface area contributed by atoms with Crippen LogP contribution in [-0.4, -0.2) is 40.1 Å². The van der Waals surface area contributed by atoms with Gasteiger partial charge in [-0.2, -0.15) is 5.10 Å². The molecule has 10 heteroatoms. The van der Waals surface area contributed by atoms with Crippen molar-refractivity contribution >= 4 is 54.5 Å². The third-order valence-electron chi connectivity index (χ3n) is 4.61. The van der Waals surface area contributed by atoms with Crippen LogP contribution < -0.4 is 19.2 Å². The summed E-state index contributed by atoms with van der Waals surface area (Å²) in [6.45, 7) is -0.263. The lowest BCUT2D eigenvalue weighted by atomic mass is 10.1. The van der Waals surface area contributed by atoms with Gasteiger partial charge in [0.25, 0.3) is 5.91 Å². The van der Waals surface area contributed by atoms with Gasteiger partial charge in [-0.25, -0.2) is 13.8 Å². The number of anilines is 1. The second-order valence-corrected chi connectivity index (χ2v) is 9.55. The Balaban J connectivity index is 1.52. The van der Waals surface area contributed by atoms with Crippen LogP contribution in [0.1, 0.15) is 5.56 Å². The van der Waals surface area contributed by atoms with Gasteiger partial charge in [0.15, 0.2) is 11.5 Å². The number of benzene rings is 3. The highest BCUT2D eigenvalue weighted by atomic mass is 79.9. The Morgan fingerprint density at radius 2 is 1.87 bits per heavy atom. The number of hydrogen-bond acceptors (Lipinski definition) is 6. The summed E-state index contributed by atoms with van der Waals surface area (Å²) >= 11 is 3.41. The molecule has 1 aliphatic rings. The van der Waals surface area contributed by atoms with Gasteiger partial charge in [-0.05, 0) is 39.5 Å². The van der Waals surface area contributed by atoms with E-state index in [0.717, 1.165) is 21.3 Å². The van der Waals surface area contributed by atoms with Crippen molar-refractivity contribution < 1.29 is 22.7 Å². The van der Waals surface area contributed by atoms with E-state index in [1.165, 1.54) is 6.21 Å². The number of rotatable bonds is 6. The Bertz CT molecular complexity index is 1290. The van der Waals surface area contributed by atoms with E-state index in [0.29, 0.717) is 27.2 Å². The van der Waals surface area contributed by atoms with Gasteiger partial charge in [0.1, 0.15) is 6.54 Å². The molecule has 1 N–H and O–H groups in total. The fourth-order valence-corrected chi connectivity index (χ4v) is 4.47. The second-order valence-electron chi connectivity index (χ2n) is 6.79. The zero-order valence-electron chi connectivity index (χ0n) is 16.4. The van der Waals surface area contributed by atoms with Gasteiger partial charge in [0.05, 0.1) is 18.2 Å². The average molecular weight is 504 g/mol. The molecule has 3 aromatic carbocycles. The molecule has 1 aliphatic heterocycles. The van der Waals surface area contributed by atoms with Gasteiger partial charge in [-0.15, -0.1) is 0 Å². The van der Waals surface area contributed by atoms with Gasteiger partial charge < -0.3 is 9.47 Å². The van der Waals surface area contributed by atoms with Gasteiger partial charge in [0, 0.05) is 15.4 Å². The lowest BCUT2D eigenvalue weighted by molar-refractivity contribution is -0.119. The van der Waals surface area contributed by atoms with E-state index in [1.807, 2.05) is 30.3 Å². The number of carbonyl (C=O) groups is 1. The number of halogens is 1. The molecule has 1 heterocycles. The first kappa shape index (κ1) is 21.1. The first-order valence-electron chi connectivity index (χ1n) is 9.19. The largest absolute Gasteiger partial charge is 0.454 e. The molecular weight excluding hydrogens is 486 g/mol. The van der Waals surface area contributed by atoms with Crippen molar-refractivity contribution in [1.82, 2.24) is 5.43 Å². The molecule has 0 unspecified atom stereocenters. The summed E-state index contributed by atoms with van der Waals surface area (Å²) in [7, 11) is -3.71. The lowest BCUT2D eigenvalue weighted by Crippen LogP contribution is -2.39. The molecule has 0 fully saturated rings. The zero-order valence-corrected chi connectivity index (χ0v) is 18.8. The summed E-state index contributed by atoms with van der Waals surface area (Å²) in [5.41, 5.74) is 3.47. The fraction of sp³-hybridized carbons (Fsp3) is 0.143. The number of ether oxygens (including phenoxy) is 2. The number of nitrogens with one attached hydrogen (secondary N) is 1. The Labute approximate surface area is 187 Å². The number of nitrogens with zero attached hydrogens (tertiary/aromatic N) is 2. The molecule has 0 saturated heterocycles. The highest BCUT2D eigenvalue weighted by molar-refractivity contribution is 9.10. The summed E-state index contributed by atoms with van der Waals surface area (Å²) in [4.78, 5) is 12.5. The van der Waals surface area contributed by atoms with E-state index in [4.69, 9.17) is 9.47 Å². The molecule has 0 aromatic heterocycles. The van der Waals surface area contributed by atoms with Crippen LogP contribution in [-0.2, 0) is 14.8 Å². The minimum absolute atomic E-state index is 0.147. The molecule has 0 atom stereocenters. The molecule has 8 nitrogen and oxygen atoms in total. The van der Waals surface area contributed by atoms with E-state index in [1.54, 1.807) is 24.3 Å². The number of sulfonamides is 1. The normalized spacial score (nSPS) is 13.0. The maximum Gasteiger partial charge on any atom is 0.260 e. The van der Waals surface area contributed by atoms with Crippen molar-refractivity contribution in [2.45, 2.75) is 0 Å². The summed E-state index contributed by atoms with van der Waals surface area (Å²) in [5, 5.41) is 5.55. The van der Waals surface area contributed by atoms with Crippen LogP contribution in [0.2, 0.25) is 0 Å². The molecule has 1 amide bonds. The molecular formula is C21H18BrN3O5S.